The van der Waals surface area contributed by atoms with Crippen LogP contribution in [-0.4, -0.2) is 26.9 Å². The van der Waals surface area contributed by atoms with Crippen LogP contribution in [0, 0.1) is 0 Å². The Bertz CT molecular complexity index is 484. The molecule has 7 heteroatoms. The zero-order valence-corrected chi connectivity index (χ0v) is 11.2. The highest BCUT2D eigenvalue weighted by Gasteiger charge is 2.44. The van der Waals surface area contributed by atoms with Crippen molar-refractivity contribution in [1.82, 2.24) is 0 Å². The number of hydrogen-bond acceptors (Lipinski definition) is 3. The normalized spacial score (nSPS) is 23.4. The smallest absolute Gasteiger partial charge is 0.347 e. The molecule has 0 fully saturated rings. The Hall–Kier alpha value is -0.970. The lowest BCUT2D eigenvalue weighted by Gasteiger charge is -2.14. The van der Waals surface area contributed by atoms with Crippen molar-refractivity contribution in [3.63, 3.8) is 0 Å². The van der Waals surface area contributed by atoms with Crippen LogP contribution in [0.15, 0.2) is 35.3 Å². The summed E-state index contributed by atoms with van der Waals surface area (Å²) in [6.07, 6.45) is -1.18. The number of carboxylic acids is 1. The molecule has 4 nitrogen and oxygen atoms in total. The lowest BCUT2D eigenvalue weighted by Crippen LogP contribution is -2.29. The van der Waals surface area contributed by atoms with Gasteiger partial charge in [0.25, 0.3) is 3.79 Å². The van der Waals surface area contributed by atoms with Crippen LogP contribution in [0.25, 0.3) is 0 Å². The van der Waals surface area contributed by atoms with Crippen LogP contribution in [0.5, 0.6) is 0 Å². The summed E-state index contributed by atoms with van der Waals surface area (Å²) < 4.78 is 3.25. The highest BCUT2D eigenvalue weighted by atomic mass is 35.6. The quantitative estimate of drug-likeness (QED) is 0.855. The van der Waals surface area contributed by atoms with E-state index in [1.54, 1.807) is 24.3 Å². The first-order chi connectivity index (χ1) is 8.39. The molecule has 1 aliphatic rings. The minimum Gasteiger partial charge on any atom is -0.478 e. The number of rotatable bonds is 2. The van der Waals surface area contributed by atoms with E-state index in [9.17, 15) is 4.79 Å². The van der Waals surface area contributed by atoms with Crippen molar-refractivity contribution in [1.29, 1.82) is 0 Å². The van der Waals surface area contributed by atoms with E-state index >= 15 is 0 Å². The number of halogens is 3. The Balaban J connectivity index is 2.36. The Morgan fingerprint density at radius 1 is 1.28 bits per heavy atom. The fraction of sp³-hybridized carbons (Fsp3) is 0.273. The van der Waals surface area contributed by atoms with Crippen molar-refractivity contribution in [2.75, 3.05) is 0 Å². The molecule has 1 aromatic rings. The number of alkyl halides is 3. The van der Waals surface area contributed by atoms with E-state index in [0.29, 0.717) is 5.56 Å². The molecular formula is C11H8Cl3NO3. The van der Waals surface area contributed by atoms with Gasteiger partial charge in [-0.1, -0.05) is 65.1 Å². The molecular weight excluding hydrogens is 300 g/mol. The summed E-state index contributed by atoms with van der Waals surface area (Å²) in [6.45, 7) is 0. The van der Waals surface area contributed by atoms with E-state index in [1.807, 2.05) is 6.07 Å². The van der Waals surface area contributed by atoms with Crippen LogP contribution in [0.1, 0.15) is 11.6 Å². The summed E-state index contributed by atoms with van der Waals surface area (Å²) in [5.41, 5.74) is 0.689. The molecule has 2 atom stereocenters. The lowest BCUT2D eigenvalue weighted by atomic mass is 10.0. The summed E-state index contributed by atoms with van der Waals surface area (Å²) in [5.74, 6) is -1.36. The minimum atomic E-state index is -1.86. The average molecular weight is 309 g/mol. The molecule has 0 saturated carbocycles. The van der Waals surface area contributed by atoms with Crippen LogP contribution in [0.4, 0.5) is 0 Å². The topological polar surface area (TPSA) is 58.9 Å². The van der Waals surface area contributed by atoms with Gasteiger partial charge >= 0.3 is 5.97 Å². The second-order valence-corrected chi connectivity index (χ2v) is 5.95. The molecule has 1 aliphatic heterocycles. The summed E-state index contributed by atoms with van der Waals surface area (Å²) in [4.78, 5) is 15.2. The third-order valence-electron chi connectivity index (χ3n) is 2.41. The summed E-state index contributed by atoms with van der Waals surface area (Å²) >= 11 is 16.9. The number of ether oxygens (including phenoxy) is 1. The molecule has 18 heavy (non-hydrogen) atoms. The van der Waals surface area contributed by atoms with Crippen LogP contribution in [-0.2, 0) is 9.53 Å². The lowest BCUT2D eigenvalue weighted by molar-refractivity contribution is -0.145. The summed E-state index contributed by atoms with van der Waals surface area (Å²) in [5, 5.41) is 9.10. The number of benzene rings is 1. The predicted molar refractivity (Wildman–Crippen MR) is 69.4 cm³/mol. The van der Waals surface area contributed by atoms with E-state index < -0.39 is 21.9 Å². The van der Waals surface area contributed by atoms with Gasteiger partial charge in [-0.25, -0.2) is 9.79 Å². The molecule has 2 rings (SSSR count). The van der Waals surface area contributed by atoms with Crippen LogP contribution < -0.4 is 0 Å². The van der Waals surface area contributed by atoms with E-state index in [2.05, 4.69) is 4.99 Å². The number of aliphatic carboxylic acids is 1. The fourth-order valence-corrected chi connectivity index (χ4v) is 1.91. The Kier molecular flexibility index (Phi) is 3.71. The Morgan fingerprint density at radius 2 is 1.89 bits per heavy atom. The van der Waals surface area contributed by atoms with E-state index in [0.717, 1.165) is 0 Å². The summed E-state index contributed by atoms with van der Waals surface area (Å²) in [7, 11) is 0. The highest BCUT2D eigenvalue weighted by Crippen LogP contribution is 2.38. The zero-order valence-electron chi connectivity index (χ0n) is 8.89. The van der Waals surface area contributed by atoms with Crippen LogP contribution in [0.2, 0.25) is 0 Å². The Morgan fingerprint density at radius 3 is 2.39 bits per heavy atom. The number of carbonyl (C=O) groups is 1. The van der Waals surface area contributed by atoms with E-state index in [4.69, 9.17) is 44.6 Å². The summed E-state index contributed by atoms with van der Waals surface area (Å²) in [6, 6.07) is 8.14. The van der Waals surface area contributed by atoms with Crippen molar-refractivity contribution in [3.05, 3.63) is 35.9 Å². The van der Waals surface area contributed by atoms with Crippen LogP contribution >= 0.6 is 34.8 Å². The molecule has 0 amide bonds. The maximum Gasteiger partial charge on any atom is 0.347 e. The van der Waals surface area contributed by atoms with Gasteiger partial charge in [-0.15, -0.1) is 0 Å². The monoisotopic (exact) mass is 307 g/mol. The van der Waals surface area contributed by atoms with E-state index in [1.165, 1.54) is 0 Å². The van der Waals surface area contributed by atoms with Gasteiger partial charge in [0.1, 0.15) is 6.04 Å². The van der Waals surface area contributed by atoms with Crippen molar-refractivity contribution >= 4 is 46.7 Å². The molecule has 0 bridgehead atoms. The number of hydrogen-bond donors (Lipinski definition) is 1. The van der Waals surface area contributed by atoms with Gasteiger partial charge in [0, 0.05) is 0 Å². The van der Waals surface area contributed by atoms with Crippen molar-refractivity contribution in [3.8, 4) is 0 Å². The average Bonchev–Trinajstić information content (AvgIpc) is 2.74. The van der Waals surface area contributed by atoms with Crippen molar-refractivity contribution < 1.29 is 14.6 Å². The van der Waals surface area contributed by atoms with Gasteiger partial charge in [0.15, 0.2) is 0 Å². The molecule has 1 aromatic carbocycles. The molecule has 96 valence electrons. The van der Waals surface area contributed by atoms with Crippen molar-refractivity contribution in [2.24, 2.45) is 4.99 Å². The molecule has 0 spiro atoms. The molecule has 0 unspecified atom stereocenters. The van der Waals surface area contributed by atoms with Crippen molar-refractivity contribution in [2.45, 2.75) is 15.9 Å². The highest BCUT2D eigenvalue weighted by molar-refractivity contribution is 6.76. The third kappa shape index (κ3) is 2.71. The van der Waals surface area contributed by atoms with Gasteiger partial charge < -0.3 is 9.84 Å². The number of nitrogens with zero attached hydrogens (tertiary/aromatic N) is 1. The molecule has 0 aromatic heterocycles. The first-order valence-electron chi connectivity index (χ1n) is 4.99. The largest absolute Gasteiger partial charge is 0.478 e. The van der Waals surface area contributed by atoms with E-state index in [-0.39, 0.29) is 5.90 Å². The third-order valence-corrected chi connectivity index (χ3v) is 2.89. The number of carboxylic acid groups (broad SMARTS) is 1. The fourth-order valence-electron chi connectivity index (χ4n) is 1.63. The standard InChI is InChI=1S/C11H8Cl3NO3/c12-11(13,14)10-15-7(8(18-10)9(16)17)6-4-2-1-3-5-6/h1-5,7-8H,(H,16,17)/t7-,8+/m0/s1. The van der Waals surface area contributed by atoms with Gasteiger partial charge in [-0.3, -0.25) is 0 Å². The maximum absolute atomic E-state index is 11.1. The zero-order chi connectivity index (χ0) is 13.3. The second kappa shape index (κ2) is 4.96. The molecule has 0 radical (unpaired) electrons. The minimum absolute atomic E-state index is 0.200. The van der Waals surface area contributed by atoms with Gasteiger partial charge in [-0.2, -0.15) is 0 Å². The number of aliphatic imine (C=N–C) groups is 1. The molecule has 1 heterocycles. The predicted octanol–water partition coefficient (Wildman–Crippen LogP) is 2.98. The van der Waals surface area contributed by atoms with Gasteiger partial charge in [-0.05, 0) is 5.56 Å². The molecule has 0 saturated heterocycles. The van der Waals surface area contributed by atoms with Crippen LogP contribution in [0.3, 0.4) is 0 Å². The Labute approximate surface area is 118 Å². The second-order valence-electron chi connectivity index (χ2n) is 3.66. The van der Waals surface area contributed by atoms with Gasteiger partial charge in [0.2, 0.25) is 12.0 Å². The SMILES string of the molecule is O=C(O)[C@@H]1OC(C(Cl)(Cl)Cl)=N[C@H]1c1ccccc1. The maximum atomic E-state index is 11.1. The molecule has 0 aliphatic carbocycles. The first-order valence-corrected chi connectivity index (χ1v) is 6.12. The first kappa shape index (κ1) is 13.5. The van der Waals surface area contributed by atoms with Gasteiger partial charge in [0.05, 0.1) is 0 Å². The molecule has 1 N–H and O–H groups in total.